The molecule has 0 saturated carbocycles. The zero-order valence-electron chi connectivity index (χ0n) is 8.38. The van der Waals surface area contributed by atoms with Crippen LogP contribution in [-0.2, 0) is 0 Å². The molecular formula is C10H8N2O4. The lowest BCUT2D eigenvalue weighted by atomic mass is 10.3. The van der Waals surface area contributed by atoms with Crippen LogP contribution in [0.2, 0.25) is 0 Å². The highest BCUT2D eigenvalue weighted by molar-refractivity contribution is 5.61. The van der Waals surface area contributed by atoms with Crippen molar-refractivity contribution in [3.8, 4) is 5.75 Å². The summed E-state index contributed by atoms with van der Waals surface area (Å²) < 4.78 is 5.56. The Balaban J connectivity index is 2.68. The maximum Gasteiger partial charge on any atom is 0.511 e. The standard InChI is InChI=1S/C10H8N2O4/c1-6-2-3-8-11-4-7(16-10(14)15)9(13)12(8)5-6/h2-5H,1H3,(H,14,15). The van der Waals surface area contributed by atoms with Gasteiger partial charge in [-0.25, -0.2) is 9.78 Å². The first-order valence-electron chi connectivity index (χ1n) is 4.47. The number of aromatic nitrogens is 2. The number of hydrogen-bond acceptors (Lipinski definition) is 4. The number of aryl methyl sites for hydroxylation is 1. The molecular weight excluding hydrogens is 212 g/mol. The molecule has 0 aliphatic carbocycles. The van der Waals surface area contributed by atoms with Gasteiger partial charge in [0.2, 0.25) is 5.75 Å². The highest BCUT2D eigenvalue weighted by atomic mass is 16.7. The molecule has 0 amide bonds. The summed E-state index contributed by atoms with van der Waals surface area (Å²) in [5.41, 5.74) is 0.758. The normalized spacial score (nSPS) is 10.3. The van der Waals surface area contributed by atoms with E-state index < -0.39 is 11.7 Å². The van der Waals surface area contributed by atoms with Gasteiger partial charge in [-0.05, 0) is 18.6 Å². The number of ether oxygens (including phenoxy) is 1. The second-order valence-electron chi connectivity index (χ2n) is 3.23. The Hall–Kier alpha value is -2.37. The van der Waals surface area contributed by atoms with Gasteiger partial charge in [-0.3, -0.25) is 9.20 Å². The summed E-state index contributed by atoms with van der Waals surface area (Å²) in [5, 5.41) is 8.42. The minimum Gasteiger partial charge on any atom is -0.449 e. The smallest absolute Gasteiger partial charge is 0.449 e. The van der Waals surface area contributed by atoms with E-state index in [0.29, 0.717) is 5.65 Å². The van der Waals surface area contributed by atoms with Crippen LogP contribution in [0.25, 0.3) is 5.65 Å². The molecule has 0 aromatic carbocycles. The molecule has 1 N–H and O–H groups in total. The van der Waals surface area contributed by atoms with E-state index in [0.717, 1.165) is 11.8 Å². The number of carbonyl (C=O) groups is 1. The van der Waals surface area contributed by atoms with Crippen LogP contribution >= 0.6 is 0 Å². The molecule has 0 aliphatic rings. The zero-order valence-corrected chi connectivity index (χ0v) is 8.38. The first kappa shape index (κ1) is 10.2. The molecule has 0 spiro atoms. The van der Waals surface area contributed by atoms with Crippen molar-refractivity contribution in [3.05, 3.63) is 40.4 Å². The Bertz CT molecular complexity index is 618. The molecule has 2 rings (SSSR count). The zero-order chi connectivity index (χ0) is 11.7. The number of pyridine rings is 1. The van der Waals surface area contributed by atoms with Gasteiger partial charge in [-0.1, -0.05) is 6.07 Å². The summed E-state index contributed by atoms with van der Waals surface area (Å²) >= 11 is 0. The summed E-state index contributed by atoms with van der Waals surface area (Å²) in [6.45, 7) is 1.82. The van der Waals surface area contributed by atoms with Crippen molar-refractivity contribution in [1.82, 2.24) is 9.38 Å². The molecule has 16 heavy (non-hydrogen) atoms. The summed E-state index contributed by atoms with van der Waals surface area (Å²) in [4.78, 5) is 26.0. The number of rotatable bonds is 1. The predicted octanol–water partition coefficient (Wildman–Crippen LogP) is 1.06. The molecule has 0 atom stereocenters. The molecule has 0 radical (unpaired) electrons. The van der Waals surface area contributed by atoms with Crippen molar-refractivity contribution in [3.63, 3.8) is 0 Å². The summed E-state index contributed by atoms with van der Waals surface area (Å²) in [5.74, 6) is -0.310. The third kappa shape index (κ3) is 1.72. The topological polar surface area (TPSA) is 80.9 Å². The average Bonchev–Trinajstić information content (AvgIpc) is 2.22. The van der Waals surface area contributed by atoms with Gasteiger partial charge in [0, 0.05) is 6.20 Å². The fourth-order valence-electron chi connectivity index (χ4n) is 1.33. The first-order valence-corrected chi connectivity index (χ1v) is 4.47. The maximum absolute atomic E-state index is 11.8. The van der Waals surface area contributed by atoms with Gasteiger partial charge in [0.15, 0.2) is 0 Å². The van der Waals surface area contributed by atoms with Gasteiger partial charge < -0.3 is 9.84 Å². The molecule has 0 fully saturated rings. The predicted molar refractivity (Wildman–Crippen MR) is 54.9 cm³/mol. The minimum atomic E-state index is -1.54. The maximum atomic E-state index is 11.8. The molecule has 0 unspecified atom stereocenters. The lowest BCUT2D eigenvalue weighted by Crippen LogP contribution is -2.19. The quantitative estimate of drug-likeness (QED) is 0.726. The third-order valence-corrected chi connectivity index (χ3v) is 2.02. The van der Waals surface area contributed by atoms with Crippen LogP contribution in [0.4, 0.5) is 4.79 Å². The van der Waals surface area contributed by atoms with Crippen LogP contribution < -0.4 is 10.3 Å². The Morgan fingerprint density at radius 2 is 2.25 bits per heavy atom. The average molecular weight is 220 g/mol. The number of carboxylic acid groups (broad SMARTS) is 1. The van der Waals surface area contributed by atoms with E-state index in [4.69, 9.17) is 5.11 Å². The van der Waals surface area contributed by atoms with Crippen molar-refractivity contribution in [2.45, 2.75) is 6.92 Å². The monoisotopic (exact) mass is 220 g/mol. The molecule has 6 nitrogen and oxygen atoms in total. The Kier molecular flexibility index (Phi) is 2.32. The third-order valence-electron chi connectivity index (χ3n) is 2.02. The number of fused-ring (bicyclic) bond motifs is 1. The number of nitrogens with zero attached hydrogens (tertiary/aromatic N) is 2. The molecule has 2 heterocycles. The first-order chi connectivity index (χ1) is 7.58. The van der Waals surface area contributed by atoms with Gasteiger partial charge in [0.1, 0.15) is 5.65 Å². The molecule has 6 heteroatoms. The van der Waals surface area contributed by atoms with Crippen molar-refractivity contribution in [2.24, 2.45) is 0 Å². The van der Waals surface area contributed by atoms with E-state index in [1.165, 1.54) is 4.40 Å². The van der Waals surface area contributed by atoms with Crippen LogP contribution in [0, 0.1) is 6.92 Å². The van der Waals surface area contributed by atoms with Gasteiger partial charge in [0.05, 0.1) is 6.20 Å². The number of hydrogen-bond donors (Lipinski definition) is 1. The minimum absolute atomic E-state index is 0.310. The summed E-state index contributed by atoms with van der Waals surface area (Å²) in [6.07, 6.45) is 1.13. The van der Waals surface area contributed by atoms with Gasteiger partial charge in [0.25, 0.3) is 0 Å². The molecule has 2 aromatic rings. The molecule has 82 valence electrons. The second kappa shape index (κ2) is 3.65. The van der Waals surface area contributed by atoms with E-state index in [9.17, 15) is 9.59 Å². The molecule has 0 saturated heterocycles. The van der Waals surface area contributed by atoms with Crippen LogP contribution in [0.15, 0.2) is 29.3 Å². The van der Waals surface area contributed by atoms with Crippen molar-refractivity contribution < 1.29 is 14.6 Å². The van der Waals surface area contributed by atoms with Crippen LogP contribution in [0.5, 0.6) is 5.75 Å². The summed E-state index contributed by atoms with van der Waals surface area (Å²) in [7, 11) is 0. The largest absolute Gasteiger partial charge is 0.511 e. The van der Waals surface area contributed by atoms with E-state index in [-0.39, 0.29) is 5.75 Å². The lowest BCUT2D eigenvalue weighted by molar-refractivity contribution is 0.143. The van der Waals surface area contributed by atoms with E-state index >= 15 is 0 Å². The van der Waals surface area contributed by atoms with Crippen LogP contribution in [0.1, 0.15) is 5.56 Å². The van der Waals surface area contributed by atoms with Crippen molar-refractivity contribution >= 4 is 11.8 Å². The van der Waals surface area contributed by atoms with Crippen LogP contribution in [-0.4, -0.2) is 20.6 Å². The van der Waals surface area contributed by atoms with Gasteiger partial charge in [-0.15, -0.1) is 0 Å². The van der Waals surface area contributed by atoms with Crippen molar-refractivity contribution in [1.29, 1.82) is 0 Å². The SMILES string of the molecule is Cc1ccc2ncc(OC(=O)O)c(=O)n2c1. The van der Waals surface area contributed by atoms with Gasteiger partial charge >= 0.3 is 11.7 Å². The Morgan fingerprint density at radius 1 is 1.50 bits per heavy atom. The molecule has 2 aromatic heterocycles. The van der Waals surface area contributed by atoms with Gasteiger partial charge in [-0.2, -0.15) is 0 Å². The highest BCUT2D eigenvalue weighted by Gasteiger charge is 2.09. The fraction of sp³-hybridized carbons (Fsp3) is 0.100. The van der Waals surface area contributed by atoms with E-state index in [1.807, 2.05) is 6.92 Å². The second-order valence-corrected chi connectivity index (χ2v) is 3.23. The Morgan fingerprint density at radius 3 is 2.94 bits per heavy atom. The molecule has 0 aliphatic heterocycles. The highest BCUT2D eigenvalue weighted by Crippen LogP contribution is 2.05. The molecule has 0 bridgehead atoms. The Labute approximate surface area is 89.7 Å². The lowest BCUT2D eigenvalue weighted by Gasteiger charge is -2.03. The van der Waals surface area contributed by atoms with E-state index in [2.05, 4.69) is 9.72 Å². The van der Waals surface area contributed by atoms with Crippen LogP contribution in [0.3, 0.4) is 0 Å². The summed E-state index contributed by atoms with van der Waals surface area (Å²) in [6, 6.07) is 3.47. The van der Waals surface area contributed by atoms with E-state index in [1.54, 1.807) is 18.3 Å². The van der Waals surface area contributed by atoms with Crippen molar-refractivity contribution in [2.75, 3.05) is 0 Å². The fourth-order valence-corrected chi connectivity index (χ4v) is 1.33.